The van der Waals surface area contributed by atoms with Crippen molar-refractivity contribution in [2.75, 3.05) is 0 Å². The fourth-order valence-corrected chi connectivity index (χ4v) is 3.51. The van der Waals surface area contributed by atoms with Gasteiger partial charge >= 0.3 is 0 Å². The van der Waals surface area contributed by atoms with Crippen LogP contribution < -0.4 is 9.30 Å². The van der Waals surface area contributed by atoms with Crippen LogP contribution in [0, 0.1) is 6.85 Å². The largest absolute Gasteiger partial charge is 0.468 e. The summed E-state index contributed by atoms with van der Waals surface area (Å²) >= 11 is 0. The van der Waals surface area contributed by atoms with Gasteiger partial charge in [-0.05, 0) is 38.3 Å². The van der Waals surface area contributed by atoms with Crippen molar-refractivity contribution in [1.82, 2.24) is 4.98 Å². The number of hydrogen-bond donors (Lipinski definition) is 0. The Bertz CT molecular complexity index is 1050. The number of allylic oxidation sites excluding steroid dienone is 2. The van der Waals surface area contributed by atoms with Crippen LogP contribution in [-0.2, 0) is 7.05 Å². The van der Waals surface area contributed by atoms with Gasteiger partial charge in [0.05, 0.1) is 11.5 Å². The van der Waals surface area contributed by atoms with Crippen LogP contribution in [0.25, 0.3) is 5.57 Å². The Morgan fingerprint density at radius 1 is 1.26 bits per heavy atom. The van der Waals surface area contributed by atoms with Gasteiger partial charge in [0.15, 0.2) is 6.20 Å². The molecule has 4 rings (SSSR count). The standard InChI is InChI=1S/C20H21N2O/c1-12-7-8-16(22(4)11-12)18-14(3)10-13(2)17-15-6-5-9-21-20(15)23-19(17)18/h5-11,17,19H,1-4H3/q+1/i1D3,2D3. The van der Waals surface area contributed by atoms with Crippen LogP contribution in [0.1, 0.15) is 44.7 Å². The molecule has 0 radical (unpaired) electrons. The maximum absolute atomic E-state index is 8.02. The Morgan fingerprint density at radius 2 is 2.17 bits per heavy atom. The zero-order valence-corrected chi connectivity index (χ0v) is 13.0. The van der Waals surface area contributed by atoms with Crippen LogP contribution in [0.5, 0.6) is 5.88 Å². The average Bonchev–Trinajstić information content (AvgIpc) is 2.99. The molecule has 2 aliphatic rings. The second kappa shape index (κ2) is 5.05. The average molecular weight is 311 g/mol. The molecule has 1 aliphatic carbocycles. The van der Waals surface area contributed by atoms with Crippen molar-refractivity contribution in [3.63, 3.8) is 0 Å². The lowest BCUT2D eigenvalue weighted by molar-refractivity contribution is -0.674. The summed E-state index contributed by atoms with van der Waals surface area (Å²) < 4.78 is 54.8. The Balaban J connectivity index is 1.90. The number of aromatic nitrogens is 2. The maximum Gasteiger partial charge on any atom is 0.217 e. The molecule has 2 aromatic heterocycles. The zero-order valence-electron chi connectivity index (χ0n) is 19.0. The van der Waals surface area contributed by atoms with E-state index >= 15 is 0 Å². The van der Waals surface area contributed by atoms with Gasteiger partial charge in [0.1, 0.15) is 13.2 Å². The van der Waals surface area contributed by atoms with Gasteiger partial charge in [0.25, 0.3) is 0 Å². The molecule has 2 aromatic rings. The molecule has 2 atom stereocenters. The second-order valence-electron chi connectivity index (χ2n) is 6.02. The molecule has 3 nitrogen and oxygen atoms in total. The first-order valence-electron chi connectivity index (χ1n) is 10.5. The van der Waals surface area contributed by atoms with E-state index in [0.29, 0.717) is 11.5 Å². The van der Waals surface area contributed by atoms with Crippen molar-refractivity contribution in [2.45, 2.75) is 32.6 Å². The van der Waals surface area contributed by atoms with E-state index in [1.165, 1.54) is 0 Å². The molecule has 116 valence electrons. The first kappa shape index (κ1) is 9.02. The Labute approximate surface area is 145 Å². The quantitative estimate of drug-likeness (QED) is 0.754. The molecular weight excluding hydrogens is 284 g/mol. The minimum atomic E-state index is -2.26. The number of pyridine rings is 2. The number of aryl methyl sites for hydroxylation is 2. The Morgan fingerprint density at radius 3 is 2.96 bits per heavy atom. The van der Waals surface area contributed by atoms with Gasteiger partial charge in [-0.15, -0.1) is 0 Å². The molecule has 0 amide bonds. The van der Waals surface area contributed by atoms with Gasteiger partial charge in [0, 0.05) is 31.6 Å². The molecule has 0 fully saturated rings. The lowest BCUT2D eigenvalue weighted by Crippen LogP contribution is -2.37. The highest BCUT2D eigenvalue weighted by Gasteiger charge is 2.43. The Kier molecular flexibility index (Phi) is 1.98. The molecule has 0 aromatic carbocycles. The summed E-state index contributed by atoms with van der Waals surface area (Å²) in [6.45, 7) is -2.61. The SMILES string of the molecule is [2H]C([2H])([2H])C1=CC(C)=C(c2ccc(C([2H])([2H])[2H])c[n+]2C)C2Oc3ncccc3C12. The minimum absolute atomic E-state index is 0.241. The lowest BCUT2D eigenvalue weighted by atomic mass is 9.78. The molecule has 23 heavy (non-hydrogen) atoms. The summed E-state index contributed by atoms with van der Waals surface area (Å²) in [7, 11) is 1.78. The van der Waals surface area contributed by atoms with Crippen LogP contribution in [-0.4, -0.2) is 11.1 Å². The van der Waals surface area contributed by atoms with Crippen LogP contribution in [0.15, 0.2) is 53.9 Å². The predicted molar refractivity (Wildman–Crippen MR) is 90.1 cm³/mol. The van der Waals surface area contributed by atoms with E-state index in [1.54, 1.807) is 48.3 Å². The zero-order chi connectivity index (χ0) is 21.1. The van der Waals surface area contributed by atoms with E-state index in [4.69, 9.17) is 13.0 Å². The van der Waals surface area contributed by atoms with Crippen LogP contribution in [0.4, 0.5) is 0 Å². The van der Waals surface area contributed by atoms with Gasteiger partial charge in [-0.2, -0.15) is 0 Å². The van der Waals surface area contributed by atoms with Gasteiger partial charge in [-0.3, -0.25) is 0 Å². The molecular formula is C20H21N2O+. The van der Waals surface area contributed by atoms with Gasteiger partial charge in [-0.25, -0.2) is 9.55 Å². The molecule has 0 saturated carbocycles. The molecule has 0 bridgehead atoms. The van der Waals surface area contributed by atoms with Gasteiger partial charge in [-0.1, -0.05) is 17.7 Å². The fraction of sp³-hybridized carbons (Fsp3) is 0.300. The van der Waals surface area contributed by atoms with Gasteiger partial charge < -0.3 is 4.74 Å². The third-order valence-electron chi connectivity index (χ3n) is 4.50. The van der Waals surface area contributed by atoms with Crippen molar-refractivity contribution in [2.24, 2.45) is 7.05 Å². The van der Waals surface area contributed by atoms with Crippen LogP contribution in [0.2, 0.25) is 0 Å². The summed E-state index contributed by atoms with van der Waals surface area (Å²) in [6, 6.07) is 6.97. The minimum Gasteiger partial charge on any atom is -0.468 e. The van der Waals surface area contributed by atoms with Crippen molar-refractivity contribution in [3.05, 3.63) is 70.7 Å². The summed E-state index contributed by atoms with van der Waals surface area (Å²) in [5.74, 6) is -0.0289. The highest BCUT2D eigenvalue weighted by Crippen LogP contribution is 2.48. The number of rotatable bonds is 1. The summed E-state index contributed by atoms with van der Waals surface area (Å²) in [6.07, 6.45) is 4.38. The summed E-state index contributed by atoms with van der Waals surface area (Å²) in [5.41, 5.74) is 3.72. The fourth-order valence-electron chi connectivity index (χ4n) is 3.51. The molecule has 3 heteroatoms. The van der Waals surface area contributed by atoms with Gasteiger partial charge in [0.2, 0.25) is 11.6 Å². The predicted octanol–water partition coefficient (Wildman–Crippen LogP) is 3.49. The first-order valence-corrected chi connectivity index (χ1v) is 7.53. The molecule has 3 heterocycles. The summed E-state index contributed by atoms with van der Waals surface area (Å²) in [5, 5.41) is 0. The molecule has 0 N–H and O–H groups in total. The van der Waals surface area contributed by atoms with Crippen molar-refractivity contribution < 1.29 is 17.5 Å². The molecule has 0 spiro atoms. The van der Waals surface area contributed by atoms with Crippen molar-refractivity contribution in [3.8, 4) is 5.88 Å². The molecule has 2 unspecified atom stereocenters. The maximum atomic E-state index is 8.02. The smallest absolute Gasteiger partial charge is 0.217 e. The van der Waals surface area contributed by atoms with Crippen molar-refractivity contribution in [1.29, 1.82) is 0 Å². The van der Waals surface area contributed by atoms with E-state index in [-0.39, 0.29) is 5.56 Å². The first-order chi connectivity index (χ1) is 13.5. The summed E-state index contributed by atoms with van der Waals surface area (Å²) in [4.78, 5) is 4.29. The normalized spacial score (nSPS) is 27.3. The van der Waals surface area contributed by atoms with E-state index in [2.05, 4.69) is 4.98 Å². The number of hydrogen-bond acceptors (Lipinski definition) is 2. The third-order valence-corrected chi connectivity index (χ3v) is 4.50. The highest BCUT2D eigenvalue weighted by molar-refractivity contribution is 5.76. The molecule has 0 saturated heterocycles. The van der Waals surface area contributed by atoms with Crippen molar-refractivity contribution >= 4 is 5.57 Å². The highest BCUT2D eigenvalue weighted by atomic mass is 16.5. The van der Waals surface area contributed by atoms with E-state index in [0.717, 1.165) is 22.4 Å². The molecule has 1 aliphatic heterocycles. The number of fused-ring (bicyclic) bond motifs is 3. The Hall–Kier alpha value is -2.42. The second-order valence-corrected chi connectivity index (χ2v) is 6.02. The topological polar surface area (TPSA) is 26.0 Å². The number of nitrogens with zero attached hydrogens (tertiary/aromatic N) is 2. The van der Waals surface area contributed by atoms with Crippen LogP contribution >= 0.6 is 0 Å². The van der Waals surface area contributed by atoms with Crippen LogP contribution in [0.3, 0.4) is 0 Å². The number of ether oxygens (including phenoxy) is 1. The van der Waals surface area contributed by atoms with E-state index in [9.17, 15) is 0 Å². The van der Waals surface area contributed by atoms with E-state index in [1.807, 2.05) is 13.0 Å². The van der Waals surface area contributed by atoms with E-state index < -0.39 is 25.7 Å². The monoisotopic (exact) mass is 311 g/mol. The lowest BCUT2D eigenvalue weighted by Gasteiger charge is -2.27. The third kappa shape index (κ3) is 2.11.